The van der Waals surface area contributed by atoms with Crippen LogP contribution in [0.5, 0.6) is 0 Å². The van der Waals surface area contributed by atoms with E-state index in [0.29, 0.717) is 12.5 Å². The molecule has 0 aromatic carbocycles. The van der Waals surface area contributed by atoms with Crippen molar-refractivity contribution >= 4 is 5.96 Å². The molecule has 1 aromatic heterocycles. The Morgan fingerprint density at radius 3 is 3.00 bits per heavy atom. The smallest absolute Gasteiger partial charge is 0.206 e. The van der Waals surface area contributed by atoms with Crippen LogP contribution in [0.3, 0.4) is 0 Å². The molecule has 14 heavy (non-hydrogen) atoms. The molecule has 0 fully saturated rings. The molecular weight excluding hydrogens is 180 g/mol. The Kier molecular flexibility index (Phi) is 3.93. The molecule has 0 unspecified atom stereocenters. The van der Waals surface area contributed by atoms with Crippen molar-refractivity contribution in [2.75, 3.05) is 6.54 Å². The maximum absolute atomic E-state index is 5.27. The van der Waals surface area contributed by atoms with E-state index in [1.54, 1.807) is 6.20 Å². The number of guanidine groups is 1. The van der Waals surface area contributed by atoms with Gasteiger partial charge in [-0.3, -0.25) is 5.43 Å². The van der Waals surface area contributed by atoms with Crippen LogP contribution in [0, 0.1) is 0 Å². The first-order valence-corrected chi connectivity index (χ1v) is 4.49. The van der Waals surface area contributed by atoms with Crippen LogP contribution in [-0.2, 0) is 13.6 Å². The van der Waals surface area contributed by atoms with Crippen LogP contribution < -0.4 is 16.6 Å². The van der Waals surface area contributed by atoms with Crippen LogP contribution in [0.2, 0.25) is 0 Å². The molecule has 0 atom stereocenters. The molecule has 1 heterocycles. The van der Waals surface area contributed by atoms with E-state index in [9.17, 15) is 0 Å². The number of nitrogens with two attached hydrogens (primary N) is 1. The van der Waals surface area contributed by atoms with E-state index in [2.05, 4.69) is 20.7 Å². The first-order valence-electron chi connectivity index (χ1n) is 4.49. The molecule has 6 heteroatoms. The molecule has 1 aromatic rings. The molecule has 0 aliphatic heterocycles. The van der Waals surface area contributed by atoms with Gasteiger partial charge in [0.1, 0.15) is 12.4 Å². The van der Waals surface area contributed by atoms with Gasteiger partial charge in [0, 0.05) is 26.0 Å². The van der Waals surface area contributed by atoms with Crippen molar-refractivity contribution in [2.45, 2.75) is 13.5 Å². The van der Waals surface area contributed by atoms with Gasteiger partial charge in [0.05, 0.1) is 0 Å². The highest BCUT2D eigenvalue weighted by atomic mass is 15.3. The third-order valence-corrected chi connectivity index (χ3v) is 1.78. The molecule has 0 saturated carbocycles. The minimum atomic E-state index is 0.510. The summed E-state index contributed by atoms with van der Waals surface area (Å²) in [6.07, 6.45) is 3.63. The average molecular weight is 196 g/mol. The fourth-order valence-corrected chi connectivity index (χ4v) is 1.02. The Labute approximate surface area is 83.2 Å². The summed E-state index contributed by atoms with van der Waals surface area (Å²) in [4.78, 5) is 8.36. The molecule has 0 amide bonds. The van der Waals surface area contributed by atoms with E-state index >= 15 is 0 Å². The highest BCUT2D eigenvalue weighted by Crippen LogP contribution is 1.95. The number of nitrogens with zero attached hydrogens (tertiary/aromatic N) is 3. The number of hydrogen-bond acceptors (Lipinski definition) is 3. The summed E-state index contributed by atoms with van der Waals surface area (Å²) < 4.78 is 1.92. The Balaban J connectivity index is 2.56. The summed E-state index contributed by atoms with van der Waals surface area (Å²) in [7, 11) is 1.93. The summed E-state index contributed by atoms with van der Waals surface area (Å²) in [6, 6.07) is 0. The maximum Gasteiger partial charge on any atom is 0.206 e. The molecule has 0 bridgehead atoms. The van der Waals surface area contributed by atoms with Gasteiger partial charge in [-0.25, -0.2) is 15.8 Å². The fraction of sp³-hybridized carbons (Fsp3) is 0.500. The molecule has 0 saturated heterocycles. The number of imidazole rings is 1. The monoisotopic (exact) mass is 196 g/mol. The summed E-state index contributed by atoms with van der Waals surface area (Å²) in [5.74, 6) is 6.74. The van der Waals surface area contributed by atoms with E-state index in [-0.39, 0.29) is 0 Å². The van der Waals surface area contributed by atoms with Gasteiger partial charge >= 0.3 is 0 Å². The second-order valence-corrected chi connectivity index (χ2v) is 2.79. The summed E-state index contributed by atoms with van der Waals surface area (Å²) in [6.45, 7) is 3.27. The first-order chi connectivity index (χ1) is 6.77. The van der Waals surface area contributed by atoms with Gasteiger partial charge < -0.3 is 9.88 Å². The van der Waals surface area contributed by atoms with Crippen LogP contribution in [0.15, 0.2) is 17.4 Å². The molecular formula is C8H16N6. The molecule has 6 nitrogen and oxygen atoms in total. The fourth-order valence-electron chi connectivity index (χ4n) is 1.02. The number of aryl methyl sites for hydroxylation is 1. The molecule has 0 aliphatic rings. The van der Waals surface area contributed by atoms with Crippen molar-refractivity contribution in [2.24, 2.45) is 17.9 Å². The van der Waals surface area contributed by atoms with Crippen molar-refractivity contribution in [3.63, 3.8) is 0 Å². The van der Waals surface area contributed by atoms with Crippen molar-refractivity contribution in [1.29, 1.82) is 0 Å². The van der Waals surface area contributed by atoms with Crippen LogP contribution in [-0.4, -0.2) is 22.1 Å². The predicted octanol–water partition coefficient (Wildman–Crippen LogP) is -0.651. The number of nitrogens with one attached hydrogen (secondary N) is 2. The topological polar surface area (TPSA) is 80.3 Å². The van der Waals surface area contributed by atoms with Crippen LogP contribution in [0.4, 0.5) is 0 Å². The lowest BCUT2D eigenvalue weighted by Crippen LogP contribution is -2.41. The summed E-state index contributed by atoms with van der Waals surface area (Å²) >= 11 is 0. The minimum absolute atomic E-state index is 0.510. The highest BCUT2D eigenvalue weighted by molar-refractivity contribution is 5.78. The number of hydrogen-bond donors (Lipinski definition) is 3. The Morgan fingerprint density at radius 2 is 2.50 bits per heavy atom. The second-order valence-electron chi connectivity index (χ2n) is 2.79. The van der Waals surface area contributed by atoms with Gasteiger partial charge in [-0.2, -0.15) is 0 Å². The number of aromatic nitrogens is 2. The van der Waals surface area contributed by atoms with Crippen molar-refractivity contribution in [3.8, 4) is 0 Å². The number of aliphatic imine (C=N–C) groups is 1. The zero-order valence-electron chi connectivity index (χ0n) is 8.49. The summed E-state index contributed by atoms with van der Waals surface area (Å²) in [5, 5.41) is 2.99. The lowest BCUT2D eigenvalue weighted by atomic mass is 10.6. The molecule has 0 radical (unpaired) electrons. The van der Waals surface area contributed by atoms with Gasteiger partial charge in [0.25, 0.3) is 0 Å². The average Bonchev–Trinajstić information content (AvgIpc) is 2.59. The van der Waals surface area contributed by atoms with Gasteiger partial charge in [-0.1, -0.05) is 0 Å². The van der Waals surface area contributed by atoms with Crippen LogP contribution in [0.1, 0.15) is 12.7 Å². The van der Waals surface area contributed by atoms with E-state index in [0.717, 1.165) is 12.4 Å². The van der Waals surface area contributed by atoms with Crippen molar-refractivity contribution in [1.82, 2.24) is 20.3 Å². The van der Waals surface area contributed by atoms with Gasteiger partial charge in [0.15, 0.2) is 0 Å². The standard InChI is InChI=1S/C8H16N6/c1-3-10-8(13-9)12-6-7-11-4-5-14(7)2/h4-5H,3,6,9H2,1-2H3,(H2,10,12,13). The maximum atomic E-state index is 5.27. The van der Waals surface area contributed by atoms with Gasteiger partial charge in [0.2, 0.25) is 5.96 Å². The van der Waals surface area contributed by atoms with Gasteiger partial charge in [-0.05, 0) is 6.92 Å². The minimum Gasteiger partial charge on any atom is -0.356 e. The van der Waals surface area contributed by atoms with Crippen molar-refractivity contribution < 1.29 is 0 Å². The predicted molar refractivity (Wildman–Crippen MR) is 55.3 cm³/mol. The van der Waals surface area contributed by atoms with Crippen molar-refractivity contribution in [3.05, 3.63) is 18.2 Å². The number of hydrazine groups is 1. The molecule has 0 spiro atoms. The van der Waals surface area contributed by atoms with E-state index in [1.807, 2.05) is 24.7 Å². The van der Waals surface area contributed by atoms with E-state index < -0.39 is 0 Å². The zero-order valence-corrected chi connectivity index (χ0v) is 8.49. The van der Waals surface area contributed by atoms with E-state index in [4.69, 9.17) is 5.84 Å². The largest absolute Gasteiger partial charge is 0.356 e. The molecule has 78 valence electrons. The third-order valence-electron chi connectivity index (χ3n) is 1.78. The van der Waals surface area contributed by atoms with Gasteiger partial charge in [-0.15, -0.1) is 0 Å². The quantitative estimate of drug-likeness (QED) is 0.260. The molecule has 4 N–H and O–H groups in total. The second kappa shape index (κ2) is 5.23. The van der Waals surface area contributed by atoms with Crippen LogP contribution >= 0.6 is 0 Å². The SMILES string of the molecule is CCNC(=NCc1nccn1C)NN. The lowest BCUT2D eigenvalue weighted by molar-refractivity contribution is 0.776. The lowest BCUT2D eigenvalue weighted by Gasteiger charge is -2.06. The first kappa shape index (κ1) is 10.5. The zero-order chi connectivity index (χ0) is 10.4. The Bertz CT molecular complexity index is 303. The Morgan fingerprint density at radius 1 is 1.71 bits per heavy atom. The highest BCUT2D eigenvalue weighted by Gasteiger charge is 1.98. The van der Waals surface area contributed by atoms with Crippen LogP contribution in [0.25, 0.3) is 0 Å². The molecule has 1 rings (SSSR count). The molecule has 0 aliphatic carbocycles. The number of rotatable bonds is 3. The Hall–Kier alpha value is -1.56. The van der Waals surface area contributed by atoms with E-state index in [1.165, 1.54) is 0 Å². The normalized spacial score (nSPS) is 11.5. The summed E-state index contributed by atoms with van der Waals surface area (Å²) in [5.41, 5.74) is 2.49. The third kappa shape index (κ3) is 2.74.